The molecular weight excluding hydrogens is 458 g/mol. The fourth-order valence-corrected chi connectivity index (χ4v) is 6.13. The fraction of sp³-hybridized carbons (Fsp3) is 0.480. The van der Waals surface area contributed by atoms with E-state index in [0.717, 1.165) is 0 Å². The standard InChI is InChI=1S/C25H28ClN3O5/c1-3-15(14-30)29-21-24(33)28(17-9-5-4-8-16(17)26)13-7-11-25(21)20(23(29)32)19-18(34-25)10-6-12-27(2)22(19)31/h4-11,15,18-21,30H,3,12-14H2,1-2H3/t15-,18+,19-,20-,21?,25-/m0/s1. The van der Waals surface area contributed by atoms with E-state index in [4.69, 9.17) is 16.3 Å². The highest BCUT2D eigenvalue weighted by atomic mass is 35.5. The normalized spacial score (nSPS) is 33.5. The van der Waals surface area contributed by atoms with Gasteiger partial charge in [0.2, 0.25) is 11.8 Å². The van der Waals surface area contributed by atoms with Gasteiger partial charge >= 0.3 is 0 Å². The van der Waals surface area contributed by atoms with Crippen molar-refractivity contribution in [3.05, 3.63) is 53.6 Å². The smallest absolute Gasteiger partial charge is 0.253 e. The second-order valence-electron chi connectivity index (χ2n) is 9.28. The number of hydrogen-bond acceptors (Lipinski definition) is 5. The van der Waals surface area contributed by atoms with Gasteiger partial charge in [0, 0.05) is 20.1 Å². The largest absolute Gasteiger partial charge is 0.394 e. The quantitative estimate of drug-likeness (QED) is 0.654. The highest BCUT2D eigenvalue weighted by molar-refractivity contribution is 6.34. The number of amides is 3. The fourth-order valence-electron chi connectivity index (χ4n) is 5.90. The zero-order valence-electron chi connectivity index (χ0n) is 19.1. The molecule has 0 radical (unpaired) electrons. The van der Waals surface area contributed by atoms with Gasteiger partial charge in [0.25, 0.3) is 5.91 Å². The third-order valence-corrected chi connectivity index (χ3v) is 7.84. The summed E-state index contributed by atoms with van der Waals surface area (Å²) in [6, 6.07) is 5.43. The first-order valence-electron chi connectivity index (χ1n) is 11.6. The number of benzene rings is 1. The van der Waals surface area contributed by atoms with Crippen LogP contribution in [0.1, 0.15) is 13.3 Å². The molecule has 4 aliphatic rings. The van der Waals surface area contributed by atoms with E-state index in [1.807, 2.05) is 25.2 Å². The van der Waals surface area contributed by atoms with Crippen molar-refractivity contribution >= 4 is 35.0 Å². The Bertz CT molecular complexity index is 1090. The molecule has 180 valence electrons. The molecule has 5 rings (SSSR count). The van der Waals surface area contributed by atoms with Gasteiger partial charge in [0.05, 0.1) is 41.3 Å². The Morgan fingerprint density at radius 1 is 1.15 bits per heavy atom. The van der Waals surface area contributed by atoms with Crippen molar-refractivity contribution in [2.45, 2.75) is 37.1 Å². The molecule has 1 spiro atoms. The topological polar surface area (TPSA) is 90.4 Å². The maximum absolute atomic E-state index is 14.2. The number of para-hydroxylation sites is 1. The molecule has 3 amide bonds. The second kappa shape index (κ2) is 8.52. The summed E-state index contributed by atoms with van der Waals surface area (Å²) in [7, 11) is 1.70. The highest BCUT2D eigenvalue weighted by Gasteiger charge is 2.72. The zero-order chi connectivity index (χ0) is 24.2. The number of halogens is 1. The molecule has 1 aromatic carbocycles. The summed E-state index contributed by atoms with van der Waals surface area (Å²) in [5.74, 6) is -2.48. The Morgan fingerprint density at radius 3 is 2.62 bits per heavy atom. The van der Waals surface area contributed by atoms with Crippen LogP contribution in [-0.2, 0) is 19.1 Å². The Hall–Kier alpha value is -2.68. The predicted octanol–water partition coefficient (Wildman–Crippen LogP) is 1.62. The summed E-state index contributed by atoms with van der Waals surface area (Å²) in [5.41, 5.74) is -0.785. The maximum atomic E-state index is 14.2. The monoisotopic (exact) mass is 485 g/mol. The van der Waals surface area contributed by atoms with Crippen molar-refractivity contribution in [3.63, 3.8) is 0 Å². The molecule has 4 aliphatic heterocycles. The van der Waals surface area contributed by atoms with E-state index < -0.39 is 35.6 Å². The second-order valence-corrected chi connectivity index (χ2v) is 9.69. The molecule has 1 unspecified atom stereocenters. The van der Waals surface area contributed by atoms with Gasteiger partial charge in [-0.3, -0.25) is 14.4 Å². The van der Waals surface area contributed by atoms with Crippen molar-refractivity contribution in [3.8, 4) is 0 Å². The third kappa shape index (κ3) is 3.16. The first kappa shape index (κ1) is 23.1. The van der Waals surface area contributed by atoms with Crippen LogP contribution >= 0.6 is 11.6 Å². The SMILES string of the molecule is CC[C@@H](CO)N1C(=O)[C@@H]2[C@H]3C(=O)N(C)CC=C[C@H]3O[C@@]23C=CCN(c2ccccc2Cl)C(=O)C13. The van der Waals surface area contributed by atoms with Crippen LogP contribution in [0.5, 0.6) is 0 Å². The summed E-state index contributed by atoms with van der Waals surface area (Å²) in [5, 5.41) is 10.5. The summed E-state index contributed by atoms with van der Waals surface area (Å²) in [6.07, 6.45) is 7.12. The van der Waals surface area contributed by atoms with Crippen LogP contribution in [0, 0.1) is 11.8 Å². The zero-order valence-corrected chi connectivity index (χ0v) is 19.9. The van der Waals surface area contributed by atoms with E-state index in [1.165, 1.54) is 4.90 Å². The van der Waals surface area contributed by atoms with Crippen LogP contribution in [0.25, 0.3) is 0 Å². The minimum absolute atomic E-state index is 0.184. The molecule has 4 heterocycles. The number of carbonyl (C=O) groups excluding carboxylic acids is 3. The van der Waals surface area contributed by atoms with Crippen LogP contribution in [0.15, 0.2) is 48.6 Å². The molecule has 0 saturated carbocycles. The molecule has 0 aromatic heterocycles. The lowest BCUT2D eigenvalue weighted by Gasteiger charge is -2.38. The predicted molar refractivity (Wildman–Crippen MR) is 126 cm³/mol. The Labute approximate surface area is 203 Å². The molecule has 0 bridgehead atoms. The minimum Gasteiger partial charge on any atom is -0.394 e. The van der Waals surface area contributed by atoms with E-state index in [9.17, 15) is 19.5 Å². The number of anilines is 1. The van der Waals surface area contributed by atoms with Crippen LogP contribution in [-0.4, -0.2) is 83.2 Å². The number of aliphatic hydroxyl groups is 1. The number of ether oxygens (including phenoxy) is 1. The van der Waals surface area contributed by atoms with Crippen molar-refractivity contribution in [1.29, 1.82) is 0 Å². The average molecular weight is 486 g/mol. The Kier molecular flexibility index (Phi) is 5.78. The van der Waals surface area contributed by atoms with E-state index >= 15 is 0 Å². The van der Waals surface area contributed by atoms with Crippen molar-refractivity contribution in [2.24, 2.45) is 11.8 Å². The number of likely N-dealkylation sites (N-methyl/N-ethyl adjacent to an activating group) is 1. The number of likely N-dealkylation sites (tertiary alicyclic amines) is 1. The van der Waals surface area contributed by atoms with Gasteiger partial charge in [0.15, 0.2) is 0 Å². The molecule has 8 nitrogen and oxygen atoms in total. The molecule has 34 heavy (non-hydrogen) atoms. The molecular formula is C25H28ClN3O5. The van der Waals surface area contributed by atoms with Crippen molar-refractivity contribution < 1.29 is 24.2 Å². The highest BCUT2D eigenvalue weighted by Crippen LogP contribution is 2.54. The minimum atomic E-state index is -1.32. The van der Waals surface area contributed by atoms with Crippen LogP contribution in [0.2, 0.25) is 5.02 Å². The van der Waals surface area contributed by atoms with Crippen molar-refractivity contribution in [1.82, 2.24) is 9.80 Å². The van der Waals surface area contributed by atoms with E-state index in [2.05, 4.69) is 0 Å². The van der Waals surface area contributed by atoms with Gasteiger partial charge < -0.3 is 24.5 Å². The van der Waals surface area contributed by atoms with Gasteiger partial charge in [-0.15, -0.1) is 0 Å². The average Bonchev–Trinajstić information content (AvgIpc) is 3.15. The third-order valence-electron chi connectivity index (χ3n) is 7.52. The van der Waals surface area contributed by atoms with Crippen molar-refractivity contribution in [2.75, 3.05) is 31.6 Å². The summed E-state index contributed by atoms with van der Waals surface area (Å²) < 4.78 is 6.54. The van der Waals surface area contributed by atoms with Crippen LogP contribution in [0.3, 0.4) is 0 Å². The van der Waals surface area contributed by atoms with Gasteiger partial charge in [0.1, 0.15) is 11.6 Å². The number of aliphatic hydroxyl groups excluding tert-OH is 1. The molecule has 0 aliphatic carbocycles. The summed E-state index contributed by atoms with van der Waals surface area (Å²) >= 11 is 6.43. The lowest BCUT2D eigenvalue weighted by atomic mass is 9.77. The van der Waals surface area contributed by atoms with Gasteiger partial charge in [-0.1, -0.05) is 55.0 Å². The number of hydrogen-bond donors (Lipinski definition) is 1. The number of rotatable bonds is 4. The number of fused-ring (bicyclic) bond motifs is 2. The van der Waals surface area contributed by atoms with E-state index in [0.29, 0.717) is 23.7 Å². The Morgan fingerprint density at radius 2 is 1.91 bits per heavy atom. The summed E-state index contributed by atoms with van der Waals surface area (Å²) in [4.78, 5) is 46.1. The molecule has 2 fully saturated rings. The molecule has 1 aromatic rings. The first-order chi connectivity index (χ1) is 16.4. The molecule has 1 N–H and O–H groups in total. The lowest BCUT2D eigenvalue weighted by Crippen LogP contribution is -2.58. The Balaban J connectivity index is 1.67. The molecule has 2 saturated heterocycles. The van der Waals surface area contributed by atoms with Crippen LogP contribution in [0.4, 0.5) is 5.69 Å². The number of nitrogens with zero attached hydrogens (tertiary/aromatic N) is 3. The molecule has 9 heteroatoms. The van der Waals surface area contributed by atoms with Gasteiger partial charge in [-0.25, -0.2) is 0 Å². The first-order valence-corrected chi connectivity index (χ1v) is 12.0. The van der Waals surface area contributed by atoms with E-state index in [1.54, 1.807) is 47.2 Å². The lowest BCUT2D eigenvalue weighted by molar-refractivity contribution is -0.146. The van der Waals surface area contributed by atoms with E-state index in [-0.39, 0.29) is 30.9 Å². The number of carbonyl (C=O) groups is 3. The van der Waals surface area contributed by atoms with Gasteiger partial charge in [-0.2, -0.15) is 0 Å². The summed E-state index contributed by atoms with van der Waals surface area (Å²) in [6.45, 7) is 2.23. The molecule has 6 atom stereocenters. The van der Waals surface area contributed by atoms with Gasteiger partial charge in [-0.05, 0) is 18.6 Å². The van der Waals surface area contributed by atoms with Crippen LogP contribution < -0.4 is 4.90 Å². The maximum Gasteiger partial charge on any atom is 0.253 e.